The fourth-order valence-corrected chi connectivity index (χ4v) is 2.27. The highest BCUT2D eigenvalue weighted by Crippen LogP contribution is 2.24. The minimum atomic E-state index is 0.573. The van der Waals surface area contributed by atoms with Gasteiger partial charge < -0.3 is 10.1 Å². The van der Waals surface area contributed by atoms with E-state index in [9.17, 15) is 0 Å². The van der Waals surface area contributed by atoms with Gasteiger partial charge in [0.15, 0.2) is 0 Å². The third kappa shape index (κ3) is 2.67. The molecule has 3 heteroatoms. The molecule has 0 spiro atoms. The van der Waals surface area contributed by atoms with Crippen molar-refractivity contribution in [1.29, 1.82) is 0 Å². The maximum Gasteiger partial charge on any atom is 0.128 e. The van der Waals surface area contributed by atoms with E-state index in [1.165, 1.54) is 0 Å². The second kappa shape index (κ2) is 5.32. The summed E-state index contributed by atoms with van der Waals surface area (Å²) in [6.07, 6.45) is 8.60. The highest BCUT2D eigenvalue weighted by molar-refractivity contribution is 5.41. The van der Waals surface area contributed by atoms with Crippen LogP contribution in [0.5, 0.6) is 5.75 Å². The number of aryl methyl sites for hydroxylation is 1. The molecule has 0 aromatic carbocycles. The molecule has 0 aliphatic heterocycles. The van der Waals surface area contributed by atoms with Gasteiger partial charge in [0, 0.05) is 29.9 Å². The molecule has 0 saturated heterocycles. The van der Waals surface area contributed by atoms with Crippen LogP contribution in [0.3, 0.4) is 0 Å². The van der Waals surface area contributed by atoms with Gasteiger partial charge in [-0.25, -0.2) is 0 Å². The van der Waals surface area contributed by atoms with Crippen LogP contribution in [0, 0.1) is 13.8 Å². The molecule has 0 radical (unpaired) electrons. The maximum atomic E-state index is 5.41. The Morgan fingerprint density at radius 1 is 1.35 bits per heavy atom. The number of nitrogens with one attached hydrogen (secondary N) is 1. The average Bonchev–Trinajstić information content (AvgIpc) is 2.82. The topological polar surface area (TPSA) is 34.1 Å². The fraction of sp³-hybridized carbons (Fsp3) is 0.500. The summed E-state index contributed by atoms with van der Waals surface area (Å²) >= 11 is 0. The van der Waals surface area contributed by atoms with Crippen LogP contribution in [-0.4, -0.2) is 18.1 Å². The smallest absolute Gasteiger partial charge is 0.128 e. The van der Waals surface area contributed by atoms with Crippen LogP contribution in [0.15, 0.2) is 18.3 Å². The number of nitrogens with zero attached hydrogens (tertiary/aromatic N) is 1. The van der Waals surface area contributed by atoms with Crippen molar-refractivity contribution >= 4 is 0 Å². The number of hydrogen-bond acceptors (Lipinski definition) is 3. The van der Waals surface area contributed by atoms with Gasteiger partial charge in [0.1, 0.15) is 5.75 Å². The van der Waals surface area contributed by atoms with Gasteiger partial charge in [-0.1, -0.05) is 12.2 Å². The minimum Gasteiger partial charge on any atom is -0.496 e. The van der Waals surface area contributed by atoms with Gasteiger partial charge in [-0.2, -0.15) is 0 Å². The quantitative estimate of drug-likeness (QED) is 0.810. The predicted molar refractivity (Wildman–Crippen MR) is 69.3 cm³/mol. The molecule has 0 saturated carbocycles. The molecule has 1 heterocycles. The summed E-state index contributed by atoms with van der Waals surface area (Å²) in [6, 6.07) is 0.573. The summed E-state index contributed by atoms with van der Waals surface area (Å²) in [6.45, 7) is 4.91. The molecule has 0 amide bonds. The van der Waals surface area contributed by atoms with Gasteiger partial charge in [0.2, 0.25) is 0 Å². The number of methoxy groups -OCH3 is 1. The fourth-order valence-electron chi connectivity index (χ4n) is 2.27. The van der Waals surface area contributed by atoms with Crippen LogP contribution in [0.4, 0.5) is 0 Å². The Morgan fingerprint density at radius 2 is 2.06 bits per heavy atom. The Bertz CT molecular complexity index is 418. The van der Waals surface area contributed by atoms with Gasteiger partial charge in [0.25, 0.3) is 0 Å². The molecule has 1 aromatic rings. The van der Waals surface area contributed by atoms with Gasteiger partial charge in [-0.15, -0.1) is 0 Å². The zero-order valence-electron chi connectivity index (χ0n) is 10.8. The number of pyridine rings is 1. The van der Waals surface area contributed by atoms with Crippen molar-refractivity contribution in [1.82, 2.24) is 10.3 Å². The predicted octanol–water partition coefficient (Wildman–Crippen LogP) is 2.52. The Morgan fingerprint density at radius 3 is 2.71 bits per heavy atom. The highest BCUT2D eigenvalue weighted by atomic mass is 16.5. The molecule has 0 unspecified atom stereocenters. The number of rotatable bonds is 4. The maximum absolute atomic E-state index is 5.41. The van der Waals surface area contributed by atoms with Crippen LogP contribution in [0.25, 0.3) is 0 Å². The molecule has 2 rings (SSSR count). The minimum absolute atomic E-state index is 0.573. The van der Waals surface area contributed by atoms with Crippen molar-refractivity contribution in [2.75, 3.05) is 7.11 Å². The summed E-state index contributed by atoms with van der Waals surface area (Å²) in [5, 5.41) is 3.53. The number of hydrogen-bond donors (Lipinski definition) is 1. The third-order valence-electron chi connectivity index (χ3n) is 3.32. The molecule has 1 aromatic heterocycles. The molecule has 0 bridgehead atoms. The average molecular weight is 232 g/mol. The Balaban J connectivity index is 2.05. The molecule has 1 aliphatic carbocycles. The molecule has 0 fully saturated rings. The first-order valence-corrected chi connectivity index (χ1v) is 6.09. The van der Waals surface area contributed by atoms with Crippen LogP contribution >= 0.6 is 0 Å². The first-order valence-electron chi connectivity index (χ1n) is 6.09. The van der Waals surface area contributed by atoms with Gasteiger partial charge in [-0.3, -0.25) is 4.98 Å². The molecule has 17 heavy (non-hydrogen) atoms. The lowest BCUT2D eigenvalue weighted by Gasteiger charge is -2.15. The van der Waals surface area contributed by atoms with Crippen molar-refractivity contribution in [3.63, 3.8) is 0 Å². The lowest BCUT2D eigenvalue weighted by atomic mass is 10.1. The second-order valence-corrected chi connectivity index (χ2v) is 4.57. The summed E-state index contributed by atoms with van der Waals surface area (Å²) in [7, 11) is 1.72. The normalized spacial score (nSPS) is 15.5. The Hall–Kier alpha value is -1.35. The largest absolute Gasteiger partial charge is 0.496 e. The van der Waals surface area contributed by atoms with Crippen molar-refractivity contribution in [2.24, 2.45) is 0 Å². The van der Waals surface area contributed by atoms with Crippen molar-refractivity contribution in [3.8, 4) is 5.75 Å². The first kappa shape index (κ1) is 12.1. The van der Waals surface area contributed by atoms with E-state index in [1.807, 2.05) is 13.1 Å². The molecule has 1 aliphatic rings. The van der Waals surface area contributed by atoms with Gasteiger partial charge in [0.05, 0.1) is 12.8 Å². The van der Waals surface area contributed by atoms with Crippen molar-refractivity contribution in [3.05, 3.63) is 35.2 Å². The monoisotopic (exact) mass is 232 g/mol. The first-order chi connectivity index (χ1) is 8.22. The van der Waals surface area contributed by atoms with E-state index in [0.29, 0.717) is 6.04 Å². The lowest BCUT2D eigenvalue weighted by molar-refractivity contribution is 0.406. The molecule has 1 N–H and O–H groups in total. The summed E-state index contributed by atoms with van der Waals surface area (Å²) < 4.78 is 5.41. The van der Waals surface area contributed by atoms with Crippen LogP contribution in [-0.2, 0) is 6.54 Å². The van der Waals surface area contributed by atoms with Crippen LogP contribution < -0.4 is 10.1 Å². The molecule has 3 nitrogen and oxygen atoms in total. The van der Waals surface area contributed by atoms with Gasteiger partial charge in [-0.05, 0) is 26.7 Å². The highest BCUT2D eigenvalue weighted by Gasteiger charge is 2.12. The molecular weight excluding hydrogens is 212 g/mol. The van der Waals surface area contributed by atoms with Crippen LogP contribution in [0.1, 0.15) is 29.7 Å². The molecular formula is C14H20N2O. The van der Waals surface area contributed by atoms with Gasteiger partial charge >= 0.3 is 0 Å². The summed E-state index contributed by atoms with van der Waals surface area (Å²) in [5.41, 5.74) is 3.32. The Kier molecular flexibility index (Phi) is 3.79. The van der Waals surface area contributed by atoms with E-state index in [2.05, 4.69) is 29.4 Å². The standard InChI is InChI=1S/C14H20N2O/c1-10-8-16-13(11(2)14(10)17-3)9-15-12-6-4-5-7-12/h4-5,8,12,15H,6-7,9H2,1-3H3. The van der Waals surface area contributed by atoms with E-state index in [0.717, 1.165) is 42.0 Å². The lowest BCUT2D eigenvalue weighted by Crippen LogP contribution is -2.26. The number of ether oxygens (including phenoxy) is 1. The molecule has 0 atom stereocenters. The third-order valence-corrected chi connectivity index (χ3v) is 3.32. The van der Waals surface area contributed by atoms with Crippen LogP contribution in [0.2, 0.25) is 0 Å². The SMILES string of the molecule is COc1c(C)cnc(CNC2CC=CC2)c1C. The Labute approximate surface area is 103 Å². The second-order valence-electron chi connectivity index (χ2n) is 4.57. The van der Waals surface area contributed by atoms with E-state index >= 15 is 0 Å². The van der Waals surface area contributed by atoms with E-state index in [-0.39, 0.29) is 0 Å². The summed E-state index contributed by atoms with van der Waals surface area (Å²) in [5.74, 6) is 0.960. The molecule has 92 valence electrons. The van der Waals surface area contributed by atoms with E-state index < -0.39 is 0 Å². The van der Waals surface area contributed by atoms with E-state index in [4.69, 9.17) is 4.74 Å². The zero-order chi connectivity index (χ0) is 12.3. The zero-order valence-corrected chi connectivity index (χ0v) is 10.8. The van der Waals surface area contributed by atoms with Crippen molar-refractivity contribution in [2.45, 2.75) is 39.3 Å². The summed E-state index contributed by atoms with van der Waals surface area (Å²) in [4.78, 5) is 4.48. The number of aromatic nitrogens is 1. The van der Waals surface area contributed by atoms with E-state index in [1.54, 1.807) is 7.11 Å². The van der Waals surface area contributed by atoms with Crippen molar-refractivity contribution < 1.29 is 4.74 Å².